The van der Waals surface area contributed by atoms with E-state index in [2.05, 4.69) is 15.6 Å². The highest BCUT2D eigenvalue weighted by Gasteiger charge is 2.47. The lowest BCUT2D eigenvalue weighted by Gasteiger charge is -2.14. The van der Waals surface area contributed by atoms with Crippen LogP contribution in [0.3, 0.4) is 0 Å². The van der Waals surface area contributed by atoms with Crippen LogP contribution in [0.2, 0.25) is 0 Å². The number of rotatable bonds is 6. The summed E-state index contributed by atoms with van der Waals surface area (Å²) in [5.74, 6) is -0.397. The molecule has 1 aromatic carbocycles. The van der Waals surface area contributed by atoms with Crippen LogP contribution in [-0.2, 0) is 9.84 Å². The Morgan fingerprint density at radius 3 is 2.44 bits per heavy atom. The molecule has 6 nitrogen and oxygen atoms in total. The van der Waals surface area contributed by atoms with E-state index in [-0.39, 0.29) is 18.8 Å². The number of pyridine rings is 1. The number of amides is 1. The number of carbonyl (C=O) groups excluding carboxylic acids is 1. The molecule has 2 rings (SSSR count). The minimum Gasteiger partial charge on any atom is -0.382 e. The molecule has 0 aliphatic rings. The van der Waals surface area contributed by atoms with Crippen molar-refractivity contribution in [3.63, 3.8) is 0 Å². The second-order valence-corrected chi connectivity index (χ2v) is 6.78. The monoisotopic (exact) mass is 373 g/mol. The molecule has 0 atom stereocenters. The van der Waals surface area contributed by atoms with Gasteiger partial charge in [-0.1, -0.05) is 12.1 Å². The molecule has 25 heavy (non-hydrogen) atoms. The quantitative estimate of drug-likeness (QED) is 0.758. The molecule has 10 heteroatoms. The second-order valence-electron chi connectivity index (χ2n) is 4.87. The molecule has 1 heterocycles. The van der Waals surface area contributed by atoms with Gasteiger partial charge in [0.25, 0.3) is 15.7 Å². The molecular formula is C15H14F3N3O3S. The van der Waals surface area contributed by atoms with Gasteiger partial charge in [-0.2, -0.15) is 13.2 Å². The molecule has 0 aliphatic heterocycles. The number of anilines is 1. The van der Waals surface area contributed by atoms with Crippen molar-refractivity contribution in [2.24, 2.45) is 0 Å². The van der Waals surface area contributed by atoms with Crippen LogP contribution in [0.25, 0.3) is 0 Å². The van der Waals surface area contributed by atoms with E-state index in [0.717, 1.165) is 6.07 Å². The van der Waals surface area contributed by atoms with Gasteiger partial charge < -0.3 is 10.6 Å². The zero-order chi connectivity index (χ0) is 18.5. The maximum Gasteiger partial charge on any atom is 0.501 e. The van der Waals surface area contributed by atoms with Gasteiger partial charge >= 0.3 is 5.51 Å². The lowest BCUT2D eigenvalue weighted by atomic mass is 10.3. The maximum atomic E-state index is 12.7. The summed E-state index contributed by atoms with van der Waals surface area (Å²) < 4.78 is 61.2. The number of nitrogens with zero attached hydrogens (tertiary/aromatic N) is 1. The van der Waals surface area contributed by atoms with E-state index in [1.165, 1.54) is 30.6 Å². The highest BCUT2D eigenvalue weighted by Crippen LogP contribution is 2.34. The summed E-state index contributed by atoms with van der Waals surface area (Å²) in [5, 5.41) is 5.13. The number of para-hydroxylation sites is 1. The topological polar surface area (TPSA) is 88.2 Å². The SMILES string of the molecule is O=C(NCCNc1ccccc1S(=O)(=O)C(F)(F)F)c1cccnc1. The Morgan fingerprint density at radius 2 is 1.80 bits per heavy atom. The van der Waals surface area contributed by atoms with Crippen LogP contribution in [0.1, 0.15) is 10.4 Å². The minimum atomic E-state index is -5.46. The smallest absolute Gasteiger partial charge is 0.382 e. The Morgan fingerprint density at radius 1 is 1.08 bits per heavy atom. The summed E-state index contributed by atoms with van der Waals surface area (Å²) in [4.78, 5) is 14.7. The number of halogens is 3. The standard InChI is InChI=1S/C15H14F3N3O3S/c16-15(17,18)25(23,24)13-6-2-1-5-12(13)20-8-9-21-14(22)11-4-3-7-19-10-11/h1-7,10,20H,8-9H2,(H,21,22). The average molecular weight is 373 g/mol. The van der Waals surface area contributed by atoms with Gasteiger partial charge in [0.2, 0.25) is 0 Å². The normalized spacial score (nSPS) is 11.8. The van der Waals surface area contributed by atoms with Gasteiger partial charge in [-0.05, 0) is 24.3 Å². The Balaban J connectivity index is 2.00. The number of aromatic nitrogens is 1. The van der Waals surface area contributed by atoms with Crippen molar-refractivity contribution in [1.82, 2.24) is 10.3 Å². The molecule has 0 saturated heterocycles. The first-order valence-corrected chi connectivity index (χ1v) is 8.54. The number of hydrogen-bond donors (Lipinski definition) is 2. The predicted molar refractivity (Wildman–Crippen MR) is 84.7 cm³/mol. The van der Waals surface area contributed by atoms with Gasteiger partial charge in [0.05, 0.1) is 16.1 Å². The van der Waals surface area contributed by atoms with Crippen LogP contribution in [-0.4, -0.2) is 37.9 Å². The largest absolute Gasteiger partial charge is 0.501 e. The first kappa shape index (κ1) is 18.7. The predicted octanol–water partition coefficient (Wildman–Crippen LogP) is 2.22. The zero-order valence-corrected chi connectivity index (χ0v) is 13.6. The Kier molecular flexibility index (Phi) is 5.62. The first-order chi connectivity index (χ1) is 11.7. The third kappa shape index (κ3) is 4.47. The molecule has 0 radical (unpaired) electrons. The zero-order valence-electron chi connectivity index (χ0n) is 12.7. The highest BCUT2D eigenvalue weighted by atomic mass is 32.2. The summed E-state index contributed by atoms with van der Waals surface area (Å²) in [6.07, 6.45) is 2.88. The van der Waals surface area contributed by atoms with Crippen molar-refractivity contribution < 1.29 is 26.4 Å². The molecule has 134 valence electrons. The van der Waals surface area contributed by atoms with Crippen molar-refractivity contribution in [3.8, 4) is 0 Å². The molecule has 2 N–H and O–H groups in total. The summed E-state index contributed by atoms with van der Waals surface area (Å²) in [6.45, 7) is 0.116. The Hall–Kier alpha value is -2.62. The van der Waals surface area contributed by atoms with Crippen molar-refractivity contribution in [2.75, 3.05) is 18.4 Å². The Bertz CT molecular complexity index is 840. The van der Waals surface area contributed by atoms with Crippen molar-refractivity contribution in [2.45, 2.75) is 10.4 Å². The fourth-order valence-electron chi connectivity index (χ4n) is 1.94. The first-order valence-electron chi connectivity index (χ1n) is 7.06. The summed E-state index contributed by atoms with van der Waals surface area (Å²) in [5.41, 5.74) is -5.24. The number of sulfone groups is 1. The minimum absolute atomic E-state index is 0.0381. The maximum absolute atomic E-state index is 12.7. The van der Waals surface area contributed by atoms with Crippen molar-refractivity contribution >= 4 is 21.4 Å². The van der Waals surface area contributed by atoms with Crippen molar-refractivity contribution in [3.05, 3.63) is 54.4 Å². The number of benzene rings is 1. The van der Waals surface area contributed by atoms with Gasteiger partial charge in [0.15, 0.2) is 0 Å². The van der Waals surface area contributed by atoms with Crippen LogP contribution < -0.4 is 10.6 Å². The van der Waals surface area contributed by atoms with Crippen LogP contribution in [0, 0.1) is 0 Å². The molecule has 1 amide bonds. The summed E-state index contributed by atoms with van der Waals surface area (Å²) in [6, 6.07) is 7.85. The lowest BCUT2D eigenvalue weighted by Crippen LogP contribution is -2.29. The average Bonchev–Trinajstić information content (AvgIpc) is 2.58. The highest BCUT2D eigenvalue weighted by molar-refractivity contribution is 7.92. The number of nitrogens with one attached hydrogen (secondary N) is 2. The van der Waals surface area contributed by atoms with E-state index in [9.17, 15) is 26.4 Å². The molecular weight excluding hydrogens is 359 g/mol. The van der Waals surface area contributed by atoms with Gasteiger partial charge in [-0.25, -0.2) is 8.42 Å². The van der Waals surface area contributed by atoms with E-state index in [1.54, 1.807) is 12.1 Å². The molecule has 0 bridgehead atoms. The Labute approximate surface area is 142 Å². The molecule has 0 saturated carbocycles. The summed E-state index contributed by atoms with van der Waals surface area (Å²) >= 11 is 0. The molecule has 0 spiro atoms. The lowest BCUT2D eigenvalue weighted by molar-refractivity contribution is -0.0435. The van der Waals surface area contributed by atoms with Gasteiger partial charge in [0.1, 0.15) is 0 Å². The fourth-order valence-corrected chi connectivity index (χ4v) is 2.88. The number of hydrogen-bond acceptors (Lipinski definition) is 5. The third-order valence-corrected chi connectivity index (χ3v) is 4.68. The van der Waals surface area contributed by atoms with Crippen LogP contribution in [0.4, 0.5) is 18.9 Å². The molecule has 0 fully saturated rings. The molecule has 1 aromatic heterocycles. The van der Waals surface area contributed by atoms with Crippen LogP contribution in [0.15, 0.2) is 53.7 Å². The third-order valence-electron chi connectivity index (χ3n) is 3.13. The van der Waals surface area contributed by atoms with Crippen molar-refractivity contribution in [1.29, 1.82) is 0 Å². The molecule has 2 aromatic rings. The van der Waals surface area contributed by atoms with E-state index in [1.807, 2.05) is 0 Å². The van der Waals surface area contributed by atoms with Gasteiger partial charge in [-0.3, -0.25) is 9.78 Å². The fraction of sp³-hybridized carbons (Fsp3) is 0.200. The molecule has 0 aliphatic carbocycles. The van der Waals surface area contributed by atoms with E-state index < -0.39 is 26.1 Å². The van der Waals surface area contributed by atoms with Crippen LogP contribution >= 0.6 is 0 Å². The van der Waals surface area contributed by atoms with E-state index >= 15 is 0 Å². The number of carbonyl (C=O) groups is 1. The van der Waals surface area contributed by atoms with E-state index in [0.29, 0.717) is 5.56 Å². The summed E-state index contributed by atoms with van der Waals surface area (Å²) in [7, 11) is -5.46. The van der Waals surface area contributed by atoms with Gasteiger partial charge in [0, 0.05) is 25.5 Å². The number of alkyl halides is 3. The van der Waals surface area contributed by atoms with Crippen LogP contribution in [0.5, 0.6) is 0 Å². The van der Waals surface area contributed by atoms with Gasteiger partial charge in [-0.15, -0.1) is 0 Å². The van der Waals surface area contributed by atoms with E-state index in [4.69, 9.17) is 0 Å². The molecule has 0 unspecified atom stereocenters. The second kappa shape index (κ2) is 7.51.